The molecule has 1 heterocycles. The smallest absolute Gasteiger partial charge is 0.213 e. The molecule has 0 amide bonds. The molecule has 1 aromatic heterocycles. The number of hydrogen-bond donors (Lipinski definition) is 1. The fraction of sp³-hybridized carbons (Fsp3) is 0.308. The van der Waals surface area contributed by atoms with Crippen LogP contribution in [0.3, 0.4) is 0 Å². The molecule has 2 rings (SSSR count). The first-order valence-corrected chi connectivity index (χ1v) is 7.64. The summed E-state index contributed by atoms with van der Waals surface area (Å²) >= 11 is 0. The second kappa shape index (κ2) is 5.44. The fourth-order valence-corrected chi connectivity index (χ4v) is 2.49. The first kappa shape index (κ1) is 13.6. The maximum absolute atomic E-state index is 11.6. The van der Waals surface area contributed by atoms with Crippen LogP contribution in [0.5, 0.6) is 0 Å². The van der Waals surface area contributed by atoms with Crippen LogP contribution in [0.4, 0.5) is 5.69 Å². The summed E-state index contributed by atoms with van der Waals surface area (Å²) in [5.74, 6) is 1.47. The number of nitrogens with zero attached hydrogens (tertiary/aromatic N) is 1. The van der Waals surface area contributed by atoms with Crippen molar-refractivity contribution in [1.29, 1.82) is 0 Å². The minimum Gasteiger partial charge on any atom is -0.444 e. The van der Waals surface area contributed by atoms with Crippen molar-refractivity contribution in [1.82, 2.24) is 4.98 Å². The molecule has 0 spiro atoms. The van der Waals surface area contributed by atoms with E-state index in [0.717, 1.165) is 11.4 Å². The summed E-state index contributed by atoms with van der Waals surface area (Å²) in [4.78, 5) is 4.42. The van der Waals surface area contributed by atoms with E-state index in [4.69, 9.17) is 4.42 Å². The number of benzene rings is 1. The summed E-state index contributed by atoms with van der Waals surface area (Å²) < 4.78 is 28.6. The summed E-state index contributed by atoms with van der Waals surface area (Å²) in [5, 5.41) is 3.12. The maximum Gasteiger partial charge on any atom is 0.213 e. The zero-order chi connectivity index (χ0) is 13.9. The van der Waals surface area contributed by atoms with Crippen molar-refractivity contribution in [3.8, 4) is 0 Å². The highest BCUT2D eigenvalue weighted by atomic mass is 32.2. The van der Waals surface area contributed by atoms with Gasteiger partial charge in [-0.1, -0.05) is 6.92 Å². The zero-order valence-electron chi connectivity index (χ0n) is 10.9. The van der Waals surface area contributed by atoms with Gasteiger partial charge in [0, 0.05) is 5.69 Å². The van der Waals surface area contributed by atoms with Gasteiger partial charge in [0.15, 0.2) is 9.84 Å². The van der Waals surface area contributed by atoms with Gasteiger partial charge in [0.05, 0.1) is 23.4 Å². The quantitative estimate of drug-likeness (QED) is 0.910. The number of aromatic nitrogens is 1. The molecule has 19 heavy (non-hydrogen) atoms. The predicted molar refractivity (Wildman–Crippen MR) is 72.7 cm³/mol. The summed E-state index contributed by atoms with van der Waals surface area (Å²) in [7, 11) is -3.14. The Bertz CT molecular complexity index is 645. The minimum atomic E-state index is -3.14. The van der Waals surface area contributed by atoms with Gasteiger partial charge >= 0.3 is 0 Å². The lowest BCUT2D eigenvalue weighted by atomic mass is 10.3. The number of aryl methyl sites for hydroxylation is 1. The molecule has 0 radical (unpaired) electrons. The van der Waals surface area contributed by atoms with Crippen molar-refractivity contribution in [2.75, 3.05) is 11.1 Å². The highest BCUT2D eigenvalue weighted by Gasteiger charge is 2.10. The van der Waals surface area contributed by atoms with E-state index in [2.05, 4.69) is 10.3 Å². The average molecular weight is 280 g/mol. The van der Waals surface area contributed by atoms with Crippen molar-refractivity contribution in [3.63, 3.8) is 0 Å². The summed E-state index contributed by atoms with van der Waals surface area (Å²) in [5.41, 5.74) is 0.825. The molecule has 0 aliphatic rings. The Morgan fingerprint density at radius 1 is 1.26 bits per heavy atom. The topological polar surface area (TPSA) is 72.2 Å². The molecular weight excluding hydrogens is 264 g/mol. The molecule has 0 atom stereocenters. The number of nitrogens with one attached hydrogen (secondary N) is 1. The normalized spacial score (nSPS) is 11.5. The molecule has 2 aromatic rings. The Balaban J connectivity index is 2.03. The Kier molecular flexibility index (Phi) is 3.90. The van der Waals surface area contributed by atoms with Crippen LogP contribution in [0.15, 0.2) is 39.8 Å². The Labute approximate surface area is 112 Å². The molecule has 102 valence electrons. The van der Waals surface area contributed by atoms with Crippen molar-refractivity contribution in [3.05, 3.63) is 42.1 Å². The molecule has 0 aliphatic heterocycles. The zero-order valence-corrected chi connectivity index (χ0v) is 11.7. The molecule has 0 bridgehead atoms. The molecule has 5 nitrogen and oxygen atoms in total. The second-order valence-corrected chi connectivity index (χ2v) is 6.42. The minimum absolute atomic E-state index is 0.107. The van der Waals surface area contributed by atoms with Crippen molar-refractivity contribution in [2.45, 2.75) is 25.3 Å². The van der Waals surface area contributed by atoms with Gasteiger partial charge < -0.3 is 9.73 Å². The van der Waals surface area contributed by atoms with E-state index < -0.39 is 9.84 Å². The predicted octanol–water partition coefficient (Wildman–Crippen LogP) is 2.39. The Morgan fingerprint density at radius 3 is 2.47 bits per heavy atom. The van der Waals surface area contributed by atoms with E-state index in [1.165, 1.54) is 0 Å². The van der Waals surface area contributed by atoms with E-state index in [1.807, 2.05) is 6.92 Å². The molecule has 0 fully saturated rings. The largest absolute Gasteiger partial charge is 0.444 e. The molecule has 1 N–H and O–H groups in total. The van der Waals surface area contributed by atoms with Gasteiger partial charge in [0.25, 0.3) is 0 Å². The van der Waals surface area contributed by atoms with Crippen molar-refractivity contribution in [2.24, 2.45) is 0 Å². The first-order valence-electron chi connectivity index (χ1n) is 5.99. The Hall–Kier alpha value is -1.82. The van der Waals surface area contributed by atoms with E-state index in [-0.39, 0.29) is 5.75 Å². The molecule has 0 unspecified atom stereocenters. The molecule has 1 aromatic carbocycles. The number of sulfone groups is 1. The Morgan fingerprint density at radius 2 is 1.95 bits per heavy atom. The van der Waals surface area contributed by atoms with Gasteiger partial charge in [0.2, 0.25) is 5.89 Å². The highest BCUT2D eigenvalue weighted by Crippen LogP contribution is 2.16. The van der Waals surface area contributed by atoms with E-state index in [1.54, 1.807) is 37.4 Å². The van der Waals surface area contributed by atoms with E-state index in [9.17, 15) is 8.42 Å². The van der Waals surface area contributed by atoms with Crippen LogP contribution in [0.2, 0.25) is 0 Å². The summed E-state index contributed by atoms with van der Waals surface area (Å²) in [6, 6.07) is 6.67. The fourth-order valence-electron chi connectivity index (χ4n) is 1.61. The molecule has 0 saturated heterocycles. The van der Waals surface area contributed by atoms with Crippen molar-refractivity contribution >= 4 is 15.5 Å². The van der Waals surface area contributed by atoms with E-state index in [0.29, 0.717) is 17.3 Å². The molecule has 0 saturated carbocycles. The lowest BCUT2D eigenvalue weighted by molar-refractivity contribution is 0.479. The van der Waals surface area contributed by atoms with Crippen LogP contribution in [0, 0.1) is 6.92 Å². The highest BCUT2D eigenvalue weighted by molar-refractivity contribution is 7.91. The number of rotatable bonds is 5. The van der Waals surface area contributed by atoms with Gasteiger partial charge in [-0.15, -0.1) is 0 Å². The van der Waals surface area contributed by atoms with Crippen LogP contribution in [-0.4, -0.2) is 19.2 Å². The van der Waals surface area contributed by atoms with Gasteiger partial charge in [-0.05, 0) is 31.2 Å². The van der Waals surface area contributed by atoms with Gasteiger partial charge in [-0.25, -0.2) is 13.4 Å². The van der Waals surface area contributed by atoms with Gasteiger partial charge in [0.1, 0.15) is 5.76 Å². The average Bonchev–Trinajstić information content (AvgIpc) is 2.83. The lowest BCUT2D eigenvalue weighted by Gasteiger charge is -2.05. The summed E-state index contributed by atoms with van der Waals surface area (Å²) in [6.07, 6.45) is 1.66. The van der Waals surface area contributed by atoms with Gasteiger partial charge in [-0.2, -0.15) is 0 Å². The van der Waals surface area contributed by atoms with Crippen LogP contribution < -0.4 is 5.32 Å². The maximum atomic E-state index is 11.6. The number of anilines is 1. The third-order valence-corrected chi connectivity index (χ3v) is 4.46. The summed E-state index contributed by atoms with van der Waals surface area (Å²) in [6.45, 7) is 3.93. The molecule has 0 aliphatic carbocycles. The monoisotopic (exact) mass is 280 g/mol. The third-order valence-electron chi connectivity index (χ3n) is 2.71. The number of oxazole rings is 1. The standard InChI is InChI=1S/C13H16N2O3S/c1-3-19(16,17)12-6-4-11(5-7-12)14-9-13-15-8-10(2)18-13/h4-8,14H,3,9H2,1-2H3. The molecular formula is C13H16N2O3S. The second-order valence-electron chi connectivity index (χ2n) is 4.15. The SMILES string of the molecule is CCS(=O)(=O)c1ccc(NCc2ncc(C)o2)cc1. The van der Waals surface area contributed by atoms with Gasteiger partial charge in [-0.3, -0.25) is 0 Å². The van der Waals surface area contributed by atoms with Crippen LogP contribution in [0.25, 0.3) is 0 Å². The van der Waals surface area contributed by atoms with Crippen molar-refractivity contribution < 1.29 is 12.8 Å². The van der Waals surface area contributed by atoms with Crippen LogP contribution >= 0.6 is 0 Å². The van der Waals surface area contributed by atoms with Crippen LogP contribution in [-0.2, 0) is 16.4 Å². The lowest BCUT2D eigenvalue weighted by Crippen LogP contribution is -2.04. The molecule has 6 heteroatoms. The van der Waals surface area contributed by atoms with Crippen LogP contribution in [0.1, 0.15) is 18.6 Å². The first-order chi connectivity index (χ1) is 9.01. The number of hydrogen-bond acceptors (Lipinski definition) is 5. The van der Waals surface area contributed by atoms with E-state index >= 15 is 0 Å². The third kappa shape index (κ3) is 3.35.